The van der Waals surface area contributed by atoms with Crippen molar-refractivity contribution in [3.63, 3.8) is 0 Å². The second kappa shape index (κ2) is 9.75. The Labute approximate surface area is 163 Å². The van der Waals surface area contributed by atoms with Crippen LogP contribution in [-0.2, 0) is 24.3 Å². The Bertz CT molecular complexity index is 943. The summed E-state index contributed by atoms with van der Waals surface area (Å²) in [5.41, 5.74) is 0.602. The standard InChI is InChI=1S/C19H22N2O6S/c1-3-27-19(23)12-11-18(22)20-14-7-6-8-15(13-14)28(24,25)21-16-9-4-5-10-17(16)26-2/h4-10,13,21H,3,11-12H2,1-2H3,(H,20,22). The molecular weight excluding hydrogens is 384 g/mol. The summed E-state index contributed by atoms with van der Waals surface area (Å²) in [7, 11) is -2.45. The van der Waals surface area contributed by atoms with E-state index in [0.717, 1.165) is 0 Å². The molecule has 0 atom stereocenters. The highest BCUT2D eigenvalue weighted by Crippen LogP contribution is 2.26. The molecule has 0 fully saturated rings. The van der Waals surface area contributed by atoms with Gasteiger partial charge in [-0.1, -0.05) is 18.2 Å². The molecule has 150 valence electrons. The number of hydrogen-bond donors (Lipinski definition) is 2. The van der Waals surface area contributed by atoms with Gasteiger partial charge in [-0.2, -0.15) is 0 Å². The number of sulfonamides is 1. The minimum atomic E-state index is -3.89. The van der Waals surface area contributed by atoms with E-state index in [0.29, 0.717) is 17.1 Å². The summed E-state index contributed by atoms with van der Waals surface area (Å²) >= 11 is 0. The van der Waals surface area contributed by atoms with Crippen molar-refractivity contribution in [1.29, 1.82) is 0 Å². The van der Waals surface area contributed by atoms with Crippen LogP contribution in [0.4, 0.5) is 11.4 Å². The molecule has 2 aromatic rings. The third kappa shape index (κ3) is 5.98. The molecule has 2 aromatic carbocycles. The van der Waals surface area contributed by atoms with Gasteiger partial charge < -0.3 is 14.8 Å². The van der Waals surface area contributed by atoms with Crippen LogP contribution < -0.4 is 14.8 Å². The van der Waals surface area contributed by atoms with Gasteiger partial charge in [0.1, 0.15) is 5.75 Å². The lowest BCUT2D eigenvalue weighted by Crippen LogP contribution is -2.16. The molecule has 0 bridgehead atoms. The van der Waals surface area contributed by atoms with E-state index in [9.17, 15) is 18.0 Å². The fraction of sp³-hybridized carbons (Fsp3) is 0.263. The maximum Gasteiger partial charge on any atom is 0.306 e. The minimum absolute atomic E-state index is 0.0263. The minimum Gasteiger partial charge on any atom is -0.495 e. The van der Waals surface area contributed by atoms with Gasteiger partial charge in [0, 0.05) is 12.1 Å². The van der Waals surface area contributed by atoms with Crippen molar-refractivity contribution in [2.45, 2.75) is 24.7 Å². The van der Waals surface area contributed by atoms with Gasteiger partial charge in [0.05, 0.1) is 30.7 Å². The van der Waals surface area contributed by atoms with E-state index in [1.807, 2.05) is 0 Å². The zero-order chi connectivity index (χ0) is 20.6. The van der Waals surface area contributed by atoms with Crippen molar-refractivity contribution in [3.8, 4) is 5.75 Å². The molecule has 0 heterocycles. The number of methoxy groups -OCH3 is 1. The second-order valence-electron chi connectivity index (χ2n) is 5.69. The van der Waals surface area contributed by atoms with Crippen LogP contribution in [0.25, 0.3) is 0 Å². The van der Waals surface area contributed by atoms with Gasteiger partial charge in [0.15, 0.2) is 0 Å². The Balaban J connectivity index is 2.09. The van der Waals surface area contributed by atoms with E-state index in [2.05, 4.69) is 10.0 Å². The molecule has 0 unspecified atom stereocenters. The van der Waals surface area contributed by atoms with Crippen LogP contribution in [0.3, 0.4) is 0 Å². The number of carbonyl (C=O) groups excluding carboxylic acids is 2. The van der Waals surface area contributed by atoms with Gasteiger partial charge in [-0.25, -0.2) is 8.42 Å². The number of amides is 1. The molecule has 0 radical (unpaired) electrons. The maximum absolute atomic E-state index is 12.7. The first-order valence-electron chi connectivity index (χ1n) is 8.57. The highest BCUT2D eigenvalue weighted by molar-refractivity contribution is 7.92. The van der Waals surface area contributed by atoms with E-state index in [1.54, 1.807) is 37.3 Å². The number of hydrogen-bond acceptors (Lipinski definition) is 6. The maximum atomic E-state index is 12.7. The van der Waals surface area contributed by atoms with Gasteiger partial charge in [-0.05, 0) is 37.3 Å². The lowest BCUT2D eigenvalue weighted by atomic mass is 10.2. The van der Waals surface area contributed by atoms with E-state index >= 15 is 0 Å². The highest BCUT2D eigenvalue weighted by Gasteiger charge is 2.17. The fourth-order valence-electron chi connectivity index (χ4n) is 2.35. The number of benzene rings is 2. The van der Waals surface area contributed by atoms with Crippen LogP contribution in [0.2, 0.25) is 0 Å². The van der Waals surface area contributed by atoms with Crippen molar-refractivity contribution >= 4 is 33.3 Å². The lowest BCUT2D eigenvalue weighted by molar-refractivity contribution is -0.144. The molecule has 0 spiro atoms. The summed E-state index contributed by atoms with van der Waals surface area (Å²) in [6, 6.07) is 12.4. The van der Waals surface area contributed by atoms with Crippen molar-refractivity contribution in [2.24, 2.45) is 0 Å². The summed E-state index contributed by atoms with van der Waals surface area (Å²) in [6.07, 6.45) is -0.109. The molecule has 2 N–H and O–H groups in total. The molecule has 0 aromatic heterocycles. The molecule has 0 aliphatic rings. The fourth-order valence-corrected chi connectivity index (χ4v) is 3.46. The summed E-state index contributed by atoms with van der Waals surface area (Å²) in [5, 5.41) is 2.57. The van der Waals surface area contributed by atoms with Crippen LogP contribution in [0.1, 0.15) is 19.8 Å². The molecule has 0 saturated heterocycles. The quantitative estimate of drug-likeness (QED) is 0.620. The van der Waals surface area contributed by atoms with Gasteiger partial charge in [-0.15, -0.1) is 0 Å². The Kier molecular flexibility index (Phi) is 7.39. The summed E-state index contributed by atoms with van der Waals surface area (Å²) in [5.74, 6) is -0.496. The zero-order valence-corrected chi connectivity index (χ0v) is 16.4. The summed E-state index contributed by atoms with van der Waals surface area (Å²) in [6.45, 7) is 1.93. The first-order valence-corrected chi connectivity index (χ1v) is 10.1. The number of ether oxygens (including phenoxy) is 2. The van der Waals surface area contributed by atoms with E-state index in [1.165, 1.54) is 25.3 Å². The SMILES string of the molecule is CCOC(=O)CCC(=O)Nc1cccc(S(=O)(=O)Nc2ccccc2OC)c1. The predicted octanol–water partition coefficient (Wildman–Crippen LogP) is 2.78. The summed E-state index contributed by atoms with van der Waals surface area (Å²) in [4.78, 5) is 23.2. The molecule has 9 heteroatoms. The molecule has 0 aliphatic carbocycles. The average Bonchev–Trinajstić information content (AvgIpc) is 2.67. The van der Waals surface area contributed by atoms with Gasteiger partial charge in [-0.3, -0.25) is 14.3 Å². The Morgan fingerprint density at radius 2 is 1.79 bits per heavy atom. The Morgan fingerprint density at radius 1 is 1.04 bits per heavy atom. The first kappa shape index (κ1) is 21.2. The highest BCUT2D eigenvalue weighted by atomic mass is 32.2. The first-order chi connectivity index (χ1) is 13.4. The van der Waals surface area contributed by atoms with Gasteiger partial charge in [0.25, 0.3) is 10.0 Å². The predicted molar refractivity (Wildman–Crippen MR) is 105 cm³/mol. The molecule has 1 amide bonds. The molecule has 28 heavy (non-hydrogen) atoms. The number of nitrogens with one attached hydrogen (secondary N) is 2. The molecular formula is C19H22N2O6S. The van der Waals surface area contributed by atoms with Crippen LogP contribution in [0.15, 0.2) is 53.4 Å². The zero-order valence-electron chi connectivity index (χ0n) is 15.6. The number of carbonyl (C=O) groups is 2. The van der Waals surface area contributed by atoms with Gasteiger partial charge >= 0.3 is 5.97 Å². The van der Waals surface area contributed by atoms with Crippen molar-refractivity contribution in [3.05, 3.63) is 48.5 Å². The van der Waals surface area contributed by atoms with Gasteiger partial charge in [0.2, 0.25) is 5.91 Å². The van der Waals surface area contributed by atoms with Crippen LogP contribution in [0, 0.1) is 0 Å². The van der Waals surface area contributed by atoms with E-state index < -0.39 is 21.9 Å². The smallest absolute Gasteiger partial charge is 0.306 e. The van der Waals surface area contributed by atoms with Crippen molar-refractivity contribution in [1.82, 2.24) is 0 Å². The normalized spacial score (nSPS) is 10.8. The Hall–Kier alpha value is -3.07. The topological polar surface area (TPSA) is 111 Å². The monoisotopic (exact) mass is 406 g/mol. The number of rotatable bonds is 9. The van der Waals surface area contributed by atoms with Crippen molar-refractivity contribution < 1.29 is 27.5 Å². The average molecular weight is 406 g/mol. The number of anilines is 2. The van der Waals surface area contributed by atoms with Crippen LogP contribution in [-0.4, -0.2) is 34.0 Å². The lowest BCUT2D eigenvalue weighted by Gasteiger charge is -2.12. The molecule has 0 saturated carbocycles. The van der Waals surface area contributed by atoms with Crippen molar-refractivity contribution in [2.75, 3.05) is 23.8 Å². The molecule has 2 rings (SSSR count). The van der Waals surface area contributed by atoms with E-state index in [-0.39, 0.29) is 24.3 Å². The number of para-hydroxylation sites is 2. The number of esters is 1. The van der Waals surface area contributed by atoms with Crippen LogP contribution in [0.5, 0.6) is 5.75 Å². The van der Waals surface area contributed by atoms with Crippen LogP contribution >= 0.6 is 0 Å². The molecule has 0 aliphatic heterocycles. The third-order valence-corrected chi connectivity index (χ3v) is 5.00. The van der Waals surface area contributed by atoms with E-state index in [4.69, 9.17) is 9.47 Å². The second-order valence-corrected chi connectivity index (χ2v) is 7.37. The third-order valence-electron chi connectivity index (χ3n) is 3.64. The largest absolute Gasteiger partial charge is 0.495 e. The summed E-state index contributed by atoms with van der Waals surface area (Å²) < 4.78 is 37.7. The Morgan fingerprint density at radius 3 is 2.50 bits per heavy atom. The molecule has 8 nitrogen and oxygen atoms in total.